The maximum absolute atomic E-state index is 10.1. The summed E-state index contributed by atoms with van der Waals surface area (Å²) in [5, 5.41) is 17.2. The van der Waals surface area contributed by atoms with Gasteiger partial charge in [0.1, 0.15) is 0 Å². The molecular formula is C8H6ClNO3. The molecule has 5 heteroatoms. The Labute approximate surface area is 79.1 Å². The summed E-state index contributed by atoms with van der Waals surface area (Å²) in [5.74, 6) is -1.19. The number of aromatic hydroxyl groups is 1. The highest BCUT2D eigenvalue weighted by molar-refractivity contribution is 6.30. The molecule has 1 heterocycles. The minimum absolute atomic E-state index is 0.0486. The summed E-state index contributed by atoms with van der Waals surface area (Å²) in [6.45, 7) is 0. The smallest absolute Gasteiger partial charge is 0.328 e. The first-order valence-corrected chi connectivity index (χ1v) is 3.74. The van der Waals surface area contributed by atoms with Crippen molar-refractivity contribution in [3.05, 3.63) is 29.1 Å². The third-order valence-electron chi connectivity index (χ3n) is 1.25. The van der Waals surface area contributed by atoms with Crippen molar-refractivity contribution in [1.29, 1.82) is 0 Å². The molecule has 0 radical (unpaired) electrons. The summed E-state index contributed by atoms with van der Waals surface area (Å²) in [7, 11) is 0. The Morgan fingerprint density at radius 2 is 2.23 bits per heavy atom. The van der Waals surface area contributed by atoms with Crippen LogP contribution in [0.2, 0.25) is 5.15 Å². The van der Waals surface area contributed by atoms with Gasteiger partial charge in [-0.25, -0.2) is 9.78 Å². The van der Waals surface area contributed by atoms with E-state index >= 15 is 0 Å². The molecule has 0 saturated heterocycles. The summed E-state index contributed by atoms with van der Waals surface area (Å²) >= 11 is 5.49. The normalized spacial score (nSPS) is 10.5. The van der Waals surface area contributed by atoms with Crippen molar-refractivity contribution in [1.82, 2.24) is 4.98 Å². The number of nitrogens with zero attached hydrogens (tertiary/aromatic N) is 1. The number of carboxylic acids is 1. The van der Waals surface area contributed by atoms with E-state index in [4.69, 9.17) is 21.8 Å². The molecule has 0 aliphatic rings. The van der Waals surface area contributed by atoms with E-state index in [0.29, 0.717) is 5.69 Å². The Kier molecular flexibility index (Phi) is 2.87. The number of rotatable bonds is 2. The maximum atomic E-state index is 10.1. The molecule has 0 atom stereocenters. The van der Waals surface area contributed by atoms with Crippen LogP contribution in [0, 0.1) is 0 Å². The molecule has 0 amide bonds. The second-order valence-electron chi connectivity index (χ2n) is 2.22. The van der Waals surface area contributed by atoms with E-state index in [-0.39, 0.29) is 10.9 Å². The molecule has 2 N–H and O–H groups in total. The molecule has 0 aromatic carbocycles. The molecule has 0 aliphatic carbocycles. The van der Waals surface area contributed by atoms with Crippen molar-refractivity contribution in [2.45, 2.75) is 0 Å². The molecule has 0 spiro atoms. The van der Waals surface area contributed by atoms with E-state index in [2.05, 4.69) is 4.98 Å². The quantitative estimate of drug-likeness (QED) is 0.560. The highest BCUT2D eigenvalue weighted by Gasteiger charge is 1.99. The highest BCUT2D eigenvalue weighted by atomic mass is 35.5. The molecule has 68 valence electrons. The van der Waals surface area contributed by atoms with Crippen molar-refractivity contribution in [3.63, 3.8) is 0 Å². The van der Waals surface area contributed by atoms with Gasteiger partial charge in [-0.15, -0.1) is 0 Å². The Bertz CT molecular complexity index is 362. The van der Waals surface area contributed by atoms with Gasteiger partial charge < -0.3 is 10.2 Å². The molecule has 0 bridgehead atoms. The largest absolute Gasteiger partial charge is 0.505 e. The van der Waals surface area contributed by atoms with E-state index < -0.39 is 5.97 Å². The number of hydrogen-bond acceptors (Lipinski definition) is 3. The van der Waals surface area contributed by atoms with Gasteiger partial charge in [-0.05, 0) is 18.2 Å². The predicted octanol–water partition coefficient (Wildman–Crippen LogP) is 1.54. The Hall–Kier alpha value is -1.55. The minimum atomic E-state index is -1.06. The number of aromatic nitrogens is 1. The molecule has 0 aliphatic heterocycles. The molecule has 13 heavy (non-hydrogen) atoms. The van der Waals surface area contributed by atoms with Gasteiger partial charge in [-0.3, -0.25) is 0 Å². The maximum Gasteiger partial charge on any atom is 0.328 e. The van der Waals surface area contributed by atoms with Crippen LogP contribution in [0.15, 0.2) is 18.2 Å². The summed E-state index contributed by atoms with van der Waals surface area (Å²) in [4.78, 5) is 13.8. The second kappa shape index (κ2) is 3.91. The van der Waals surface area contributed by atoms with Crippen molar-refractivity contribution in [3.8, 4) is 5.75 Å². The number of pyridine rings is 1. The minimum Gasteiger partial charge on any atom is -0.505 e. The van der Waals surface area contributed by atoms with Crippen molar-refractivity contribution < 1.29 is 15.0 Å². The van der Waals surface area contributed by atoms with Gasteiger partial charge in [-0.1, -0.05) is 11.6 Å². The molecule has 1 rings (SSSR count). The average Bonchev–Trinajstić information content (AvgIpc) is 2.07. The van der Waals surface area contributed by atoms with Crippen LogP contribution in [0.3, 0.4) is 0 Å². The van der Waals surface area contributed by atoms with Crippen LogP contribution < -0.4 is 0 Å². The number of aliphatic carboxylic acids is 1. The summed E-state index contributed by atoms with van der Waals surface area (Å²) in [6.07, 6.45) is 2.23. The SMILES string of the molecule is O=C(O)C=Cc1ccc(O)c(Cl)n1. The third-order valence-corrected chi connectivity index (χ3v) is 1.53. The van der Waals surface area contributed by atoms with E-state index in [1.807, 2.05) is 0 Å². The van der Waals surface area contributed by atoms with E-state index in [0.717, 1.165) is 6.08 Å². The van der Waals surface area contributed by atoms with Crippen molar-refractivity contribution >= 4 is 23.6 Å². The van der Waals surface area contributed by atoms with Gasteiger partial charge in [0, 0.05) is 6.08 Å². The zero-order valence-electron chi connectivity index (χ0n) is 6.44. The van der Waals surface area contributed by atoms with Gasteiger partial charge in [0.2, 0.25) is 0 Å². The number of hydrogen-bond donors (Lipinski definition) is 2. The molecule has 0 fully saturated rings. The van der Waals surface area contributed by atoms with E-state index in [9.17, 15) is 4.79 Å². The number of carbonyl (C=O) groups is 1. The molecule has 0 unspecified atom stereocenters. The van der Waals surface area contributed by atoms with Gasteiger partial charge in [0.25, 0.3) is 0 Å². The fraction of sp³-hybridized carbons (Fsp3) is 0. The van der Waals surface area contributed by atoms with E-state index in [1.165, 1.54) is 18.2 Å². The zero-order valence-corrected chi connectivity index (χ0v) is 7.19. The fourth-order valence-corrected chi connectivity index (χ4v) is 0.851. The topological polar surface area (TPSA) is 70.4 Å². The summed E-state index contributed by atoms with van der Waals surface area (Å²) < 4.78 is 0. The number of carboxylic acid groups (broad SMARTS) is 1. The standard InChI is InChI=1S/C8H6ClNO3/c9-8-6(11)3-1-5(10-8)2-4-7(12)13/h1-4,11H,(H,12,13). The molecular weight excluding hydrogens is 194 g/mol. The lowest BCUT2D eigenvalue weighted by Gasteiger charge is -1.95. The summed E-state index contributed by atoms with van der Waals surface area (Å²) in [5.41, 5.74) is 0.380. The second-order valence-corrected chi connectivity index (χ2v) is 2.58. The monoisotopic (exact) mass is 199 g/mol. The van der Waals surface area contributed by atoms with Gasteiger partial charge in [-0.2, -0.15) is 0 Å². The molecule has 1 aromatic rings. The molecule has 0 saturated carbocycles. The van der Waals surface area contributed by atoms with Crippen LogP contribution in [0.25, 0.3) is 6.08 Å². The van der Waals surface area contributed by atoms with Crippen LogP contribution in [0.5, 0.6) is 5.75 Å². The molecule has 1 aromatic heterocycles. The fourth-order valence-electron chi connectivity index (χ4n) is 0.690. The zero-order chi connectivity index (χ0) is 9.84. The van der Waals surface area contributed by atoms with Crippen LogP contribution in [0.1, 0.15) is 5.69 Å². The first-order valence-electron chi connectivity index (χ1n) is 3.36. The number of halogens is 1. The highest BCUT2D eigenvalue weighted by Crippen LogP contribution is 2.20. The van der Waals surface area contributed by atoms with Gasteiger partial charge in [0.05, 0.1) is 5.69 Å². The lowest BCUT2D eigenvalue weighted by molar-refractivity contribution is -0.131. The lowest BCUT2D eigenvalue weighted by atomic mass is 10.3. The van der Waals surface area contributed by atoms with Crippen molar-refractivity contribution in [2.75, 3.05) is 0 Å². The average molecular weight is 200 g/mol. The van der Waals surface area contributed by atoms with Crippen molar-refractivity contribution in [2.24, 2.45) is 0 Å². The first-order chi connectivity index (χ1) is 6.09. The van der Waals surface area contributed by atoms with Crippen LogP contribution >= 0.6 is 11.6 Å². The Morgan fingerprint density at radius 1 is 1.54 bits per heavy atom. The lowest BCUT2D eigenvalue weighted by Crippen LogP contribution is -1.87. The Morgan fingerprint density at radius 3 is 2.77 bits per heavy atom. The van der Waals surface area contributed by atoms with Crippen LogP contribution in [0.4, 0.5) is 0 Å². The van der Waals surface area contributed by atoms with Crippen LogP contribution in [-0.2, 0) is 4.79 Å². The van der Waals surface area contributed by atoms with E-state index in [1.54, 1.807) is 0 Å². The predicted molar refractivity (Wildman–Crippen MR) is 47.6 cm³/mol. The van der Waals surface area contributed by atoms with Crippen LogP contribution in [-0.4, -0.2) is 21.2 Å². The Balaban J connectivity index is 2.92. The van der Waals surface area contributed by atoms with Gasteiger partial charge >= 0.3 is 5.97 Å². The summed E-state index contributed by atoms with van der Waals surface area (Å²) in [6, 6.07) is 2.80. The first kappa shape index (κ1) is 9.54. The third kappa shape index (κ3) is 2.76. The molecule has 4 nitrogen and oxygen atoms in total. The van der Waals surface area contributed by atoms with Gasteiger partial charge in [0.15, 0.2) is 10.9 Å².